The molecule has 0 aromatic heterocycles. The number of nitrogens with one attached hydrogen (secondary N) is 1. The lowest BCUT2D eigenvalue weighted by molar-refractivity contribution is 0.242. The number of rotatable bonds is 6. The average Bonchev–Trinajstić information content (AvgIpc) is 2.33. The molecule has 0 spiro atoms. The Hall–Kier alpha value is -1.02. The van der Waals surface area contributed by atoms with E-state index in [0.29, 0.717) is 11.8 Å². The summed E-state index contributed by atoms with van der Waals surface area (Å²) < 4.78 is 5.99. The summed E-state index contributed by atoms with van der Waals surface area (Å²) in [6.45, 7) is 14.9. The van der Waals surface area contributed by atoms with Crippen molar-refractivity contribution in [2.75, 3.05) is 13.2 Å². The smallest absolute Gasteiger partial charge is 0.122 e. The van der Waals surface area contributed by atoms with Crippen molar-refractivity contribution in [3.63, 3.8) is 0 Å². The van der Waals surface area contributed by atoms with Crippen LogP contribution >= 0.6 is 0 Å². The van der Waals surface area contributed by atoms with Gasteiger partial charge in [-0.25, -0.2) is 0 Å². The third kappa shape index (κ3) is 6.11. The largest absolute Gasteiger partial charge is 0.493 e. The van der Waals surface area contributed by atoms with Gasteiger partial charge in [0.1, 0.15) is 5.75 Å². The first-order valence-corrected chi connectivity index (χ1v) is 7.26. The molecule has 1 rings (SSSR count). The van der Waals surface area contributed by atoms with E-state index in [0.717, 1.165) is 18.9 Å². The molecule has 2 nitrogen and oxygen atoms in total. The van der Waals surface area contributed by atoms with Gasteiger partial charge in [-0.05, 0) is 38.3 Å². The van der Waals surface area contributed by atoms with E-state index >= 15 is 0 Å². The second-order valence-electron chi connectivity index (χ2n) is 6.74. The molecule has 1 N–H and O–H groups in total. The van der Waals surface area contributed by atoms with E-state index in [1.165, 1.54) is 5.56 Å². The minimum atomic E-state index is 0.171. The minimum Gasteiger partial charge on any atom is -0.493 e. The molecule has 0 aliphatic rings. The van der Waals surface area contributed by atoms with Crippen LogP contribution in [0, 0.1) is 5.92 Å². The first kappa shape index (κ1) is 16.0. The SMILES string of the molecule is CC(CNC(C)(C)C)COc1ccccc1C(C)C. The number of para-hydroxylation sites is 1. The van der Waals surface area contributed by atoms with Crippen LogP contribution in [0.5, 0.6) is 5.75 Å². The topological polar surface area (TPSA) is 21.3 Å². The molecular weight excluding hydrogens is 234 g/mol. The average molecular weight is 263 g/mol. The van der Waals surface area contributed by atoms with Crippen LogP contribution in [0.25, 0.3) is 0 Å². The summed E-state index contributed by atoms with van der Waals surface area (Å²) in [4.78, 5) is 0. The van der Waals surface area contributed by atoms with E-state index < -0.39 is 0 Å². The van der Waals surface area contributed by atoms with Crippen LogP contribution in [0.4, 0.5) is 0 Å². The molecule has 0 saturated heterocycles. The van der Waals surface area contributed by atoms with Crippen molar-refractivity contribution in [2.45, 2.75) is 53.0 Å². The highest BCUT2D eigenvalue weighted by Gasteiger charge is 2.12. The van der Waals surface area contributed by atoms with Crippen LogP contribution in [0.3, 0.4) is 0 Å². The number of benzene rings is 1. The lowest BCUT2D eigenvalue weighted by Crippen LogP contribution is -2.39. The maximum absolute atomic E-state index is 5.99. The van der Waals surface area contributed by atoms with Gasteiger partial charge in [0.25, 0.3) is 0 Å². The van der Waals surface area contributed by atoms with Crippen molar-refractivity contribution in [3.05, 3.63) is 29.8 Å². The summed E-state index contributed by atoms with van der Waals surface area (Å²) >= 11 is 0. The number of ether oxygens (including phenoxy) is 1. The van der Waals surface area contributed by atoms with Gasteiger partial charge < -0.3 is 10.1 Å². The van der Waals surface area contributed by atoms with Crippen LogP contribution < -0.4 is 10.1 Å². The zero-order valence-electron chi connectivity index (χ0n) is 13.3. The van der Waals surface area contributed by atoms with Gasteiger partial charge in [-0.2, -0.15) is 0 Å². The van der Waals surface area contributed by atoms with Gasteiger partial charge in [0.05, 0.1) is 6.61 Å². The monoisotopic (exact) mass is 263 g/mol. The fourth-order valence-corrected chi connectivity index (χ4v) is 1.86. The third-order valence-electron chi connectivity index (χ3n) is 3.05. The Morgan fingerprint density at radius 2 is 1.74 bits per heavy atom. The van der Waals surface area contributed by atoms with Gasteiger partial charge in [0.15, 0.2) is 0 Å². The molecule has 0 aliphatic carbocycles. The van der Waals surface area contributed by atoms with Crippen molar-refractivity contribution in [1.29, 1.82) is 0 Å². The van der Waals surface area contributed by atoms with Crippen LogP contribution in [0.1, 0.15) is 53.0 Å². The van der Waals surface area contributed by atoms with E-state index in [4.69, 9.17) is 4.74 Å². The van der Waals surface area contributed by atoms with Gasteiger partial charge in [-0.3, -0.25) is 0 Å². The van der Waals surface area contributed by atoms with Crippen LogP contribution in [0.2, 0.25) is 0 Å². The van der Waals surface area contributed by atoms with E-state index in [9.17, 15) is 0 Å². The van der Waals surface area contributed by atoms with Crippen LogP contribution in [-0.2, 0) is 0 Å². The lowest BCUT2D eigenvalue weighted by atomic mass is 10.0. The van der Waals surface area contributed by atoms with Crippen molar-refractivity contribution in [2.24, 2.45) is 5.92 Å². The summed E-state index contributed by atoms with van der Waals surface area (Å²) in [7, 11) is 0. The molecule has 0 bridgehead atoms. The molecule has 108 valence electrons. The highest BCUT2D eigenvalue weighted by Crippen LogP contribution is 2.26. The highest BCUT2D eigenvalue weighted by atomic mass is 16.5. The molecule has 0 fully saturated rings. The molecule has 1 unspecified atom stereocenters. The standard InChI is InChI=1S/C17H29NO/c1-13(2)15-9-7-8-10-16(15)19-12-14(3)11-18-17(4,5)6/h7-10,13-14,18H,11-12H2,1-6H3. The number of hydrogen-bond acceptors (Lipinski definition) is 2. The van der Waals surface area contributed by atoms with Crippen molar-refractivity contribution in [1.82, 2.24) is 5.32 Å². The quantitative estimate of drug-likeness (QED) is 0.830. The second-order valence-corrected chi connectivity index (χ2v) is 6.74. The van der Waals surface area contributed by atoms with E-state index in [-0.39, 0.29) is 5.54 Å². The Kier molecular flexibility index (Phi) is 5.86. The second kappa shape index (κ2) is 6.95. The Bertz CT molecular complexity index is 379. The predicted molar refractivity (Wildman–Crippen MR) is 82.9 cm³/mol. The van der Waals surface area contributed by atoms with Crippen molar-refractivity contribution < 1.29 is 4.74 Å². The van der Waals surface area contributed by atoms with Crippen LogP contribution in [-0.4, -0.2) is 18.7 Å². The van der Waals surface area contributed by atoms with E-state index in [1.54, 1.807) is 0 Å². The van der Waals surface area contributed by atoms with Gasteiger partial charge in [-0.15, -0.1) is 0 Å². The molecule has 0 saturated carbocycles. The van der Waals surface area contributed by atoms with Crippen molar-refractivity contribution in [3.8, 4) is 5.75 Å². The Morgan fingerprint density at radius 1 is 1.11 bits per heavy atom. The molecule has 19 heavy (non-hydrogen) atoms. The van der Waals surface area contributed by atoms with Gasteiger partial charge >= 0.3 is 0 Å². The zero-order chi connectivity index (χ0) is 14.5. The normalized spacial score (nSPS) is 13.6. The minimum absolute atomic E-state index is 0.171. The molecule has 0 amide bonds. The van der Waals surface area contributed by atoms with E-state index in [2.05, 4.69) is 65.1 Å². The number of hydrogen-bond donors (Lipinski definition) is 1. The van der Waals surface area contributed by atoms with Crippen molar-refractivity contribution >= 4 is 0 Å². The maximum atomic E-state index is 5.99. The fraction of sp³-hybridized carbons (Fsp3) is 0.647. The molecule has 1 aromatic rings. The summed E-state index contributed by atoms with van der Waals surface area (Å²) in [5.41, 5.74) is 1.46. The Morgan fingerprint density at radius 3 is 2.32 bits per heavy atom. The third-order valence-corrected chi connectivity index (χ3v) is 3.05. The summed E-state index contributed by atoms with van der Waals surface area (Å²) in [5.74, 6) is 2.03. The Balaban J connectivity index is 2.48. The summed E-state index contributed by atoms with van der Waals surface area (Å²) in [5, 5.41) is 3.52. The summed E-state index contributed by atoms with van der Waals surface area (Å²) in [6.07, 6.45) is 0. The maximum Gasteiger partial charge on any atom is 0.122 e. The zero-order valence-corrected chi connectivity index (χ0v) is 13.3. The van der Waals surface area contributed by atoms with Gasteiger partial charge in [0.2, 0.25) is 0 Å². The molecular formula is C17H29NO. The van der Waals surface area contributed by atoms with E-state index in [1.807, 2.05) is 6.07 Å². The summed E-state index contributed by atoms with van der Waals surface area (Å²) in [6, 6.07) is 8.34. The highest BCUT2D eigenvalue weighted by molar-refractivity contribution is 5.35. The molecule has 1 aromatic carbocycles. The first-order valence-electron chi connectivity index (χ1n) is 7.26. The van der Waals surface area contributed by atoms with Gasteiger partial charge in [0, 0.05) is 18.0 Å². The fourth-order valence-electron chi connectivity index (χ4n) is 1.86. The molecule has 0 radical (unpaired) electrons. The first-order chi connectivity index (χ1) is 8.79. The Labute approximate surface area is 118 Å². The lowest BCUT2D eigenvalue weighted by Gasteiger charge is -2.24. The molecule has 2 heteroatoms. The predicted octanol–water partition coefficient (Wildman–Crippen LogP) is 4.21. The molecule has 1 atom stereocenters. The molecule has 0 aliphatic heterocycles. The van der Waals surface area contributed by atoms with Crippen LogP contribution in [0.15, 0.2) is 24.3 Å². The molecule has 0 heterocycles. The van der Waals surface area contributed by atoms with Gasteiger partial charge in [-0.1, -0.05) is 39.0 Å².